The summed E-state index contributed by atoms with van der Waals surface area (Å²) >= 11 is 0. The molecule has 0 saturated carbocycles. The van der Waals surface area contributed by atoms with Crippen LogP contribution in [0, 0.1) is 0 Å². The number of hydrogen-bond acceptors (Lipinski definition) is 4. The third-order valence-corrected chi connectivity index (χ3v) is 5.33. The third-order valence-electron chi connectivity index (χ3n) is 5.33. The van der Waals surface area contributed by atoms with E-state index in [1.54, 1.807) is 0 Å². The Morgan fingerprint density at radius 2 is 1.27 bits per heavy atom. The molecular formula is C23H50N3NaO3. The number of aliphatic carboxylic acids is 1. The van der Waals surface area contributed by atoms with Crippen molar-refractivity contribution in [2.45, 2.75) is 117 Å². The first-order valence-electron chi connectivity index (χ1n) is 11.8. The van der Waals surface area contributed by atoms with Gasteiger partial charge in [-0.1, -0.05) is 91.9 Å². The van der Waals surface area contributed by atoms with Gasteiger partial charge in [0.2, 0.25) is 5.91 Å². The molecule has 0 rings (SSSR count). The van der Waals surface area contributed by atoms with Crippen LogP contribution in [0.15, 0.2) is 0 Å². The summed E-state index contributed by atoms with van der Waals surface area (Å²) in [4.78, 5) is 24.4. The van der Waals surface area contributed by atoms with Crippen LogP contribution in [0.3, 0.4) is 0 Å². The van der Waals surface area contributed by atoms with Crippen LogP contribution in [-0.2, 0) is 9.59 Å². The number of primary amides is 1. The number of rotatable bonds is 18. The van der Waals surface area contributed by atoms with E-state index in [9.17, 15) is 9.59 Å². The van der Waals surface area contributed by atoms with E-state index in [4.69, 9.17) is 16.6 Å². The Hall–Kier alpha value is -0.140. The van der Waals surface area contributed by atoms with Crippen LogP contribution >= 0.6 is 0 Å². The summed E-state index contributed by atoms with van der Waals surface area (Å²) in [5.74, 6) is -1.80. The van der Waals surface area contributed by atoms with Gasteiger partial charge < -0.3 is 22.9 Å². The summed E-state index contributed by atoms with van der Waals surface area (Å²) in [6.45, 7) is 12.5. The number of carbonyl (C=O) groups is 2. The molecule has 0 aliphatic heterocycles. The maximum Gasteiger partial charge on any atom is 1.00 e. The molecule has 0 radical (unpaired) electrons. The average molecular weight is 440 g/mol. The van der Waals surface area contributed by atoms with Gasteiger partial charge in [-0.15, -0.1) is 0 Å². The van der Waals surface area contributed by atoms with E-state index in [1.165, 1.54) is 71.0 Å². The molecule has 1 unspecified atom stereocenters. The topological polar surface area (TPSA) is 110 Å². The molecule has 0 aromatic carbocycles. The van der Waals surface area contributed by atoms with Crippen LogP contribution in [0.4, 0.5) is 0 Å². The van der Waals surface area contributed by atoms with Crippen LogP contribution in [0.5, 0.6) is 0 Å². The molecule has 0 fully saturated rings. The van der Waals surface area contributed by atoms with Gasteiger partial charge in [0.05, 0.1) is 6.42 Å². The number of carboxylic acids is 1. The SMILES string of the molecule is CCCCCCCCCCCCC(N)(CC(N)=O)C(=O)O.CCCN(CC)CC.[H-].[Na+]. The molecular weight excluding hydrogens is 389 g/mol. The molecule has 0 aromatic rings. The summed E-state index contributed by atoms with van der Waals surface area (Å²) in [5, 5.41) is 9.09. The van der Waals surface area contributed by atoms with Crippen molar-refractivity contribution in [3.63, 3.8) is 0 Å². The number of nitrogens with two attached hydrogens (primary N) is 2. The van der Waals surface area contributed by atoms with Crippen molar-refractivity contribution in [3.05, 3.63) is 0 Å². The number of amides is 1. The van der Waals surface area contributed by atoms with E-state index in [0.29, 0.717) is 6.42 Å². The Morgan fingerprint density at radius 1 is 0.833 bits per heavy atom. The Bertz CT molecular complexity index is 414. The van der Waals surface area contributed by atoms with Crippen LogP contribution < -0.4 is 41.0 Å². The molecule has 0 aliphatic rings. The molecule has 30 heavy (non-hydrogen) atoms. The monoisotopic (exact) mass is 439 g/mol. The van der Waals surface area contributed by atoms with Gasteiger partial charge in [-0.05, 0) is 32.5 Å². The maximum atomic E-state index is 11.1. The van der Waals surface area contributed by atoms with Crippen molar-refractivity contribution in [2.75, 3.05) is 19.6 Å². The van der Waals surface area contributed by atoms with Gasteiger partial charge in [-0.3, -0.25) is 9.59 Å². The fourth-order valence-electron chi connectivity index (χ4n) is 3.37. The number of carbonyl (C=O) groups excluding carboxylic acids is 1. The van der Waals surface area contributed by atoms with Crippen molar-refractivity contribution < 1.29 is 45.7 Å². The maximum absolute atomic E-state index is 11.1. The molecule has 1 amide bonds. The van der Waals surface area contributed by atoms with Crippen molar-refractivity contribution in [1.29, 1.82) is 0 Å². The minimum absolute atomic E-state index is 0. The second kappa shape index (κ2) is 23.5. The zero-order valence-electron chi connectivity index (χ0n) is 21.7. The van der Waals surface area contributed by atoms with Crippen LogP contribution in [0.1, 0.15) is 113 Å². The van der Waals surface area contributed by atoms with Gasteiger partial charge in [0.1, 0.15) is 5.54 Å². The molecule has 0 spiro atoms. The zero-order valence-corrected chi connectivity index (χ0v) is 22.7. The standard InChI is InChI=1S/C16H32N2O3.C7H17N.Na.H/c1-2-3-4-5-6-7-8-9-10-11-12-16(18,15(20)21)13-14(17)19;1-4-7-8(5-2)6-3;;/h2-13,18H2,1H3,(H2,17,19)(H,20,21);4-7H2,1-3H3;;/q;;+1;-1. The quantitative estimate of drug-likeness (QED) is 0.223. The van der Waals surface area contributed by atoms with E-state index >= 15 is 0 Å². The molecule has 5 N–H and O–H groups in total. The smallest absolute Gasteiger partial charge is 1.00 e. The van der Waals surface area contributed by atoms with Gasteiger partial charge in [0, 0.05) is 0 Å². The summed E-state index contributed by atoms with van der Waals surface area (Å²) in [5.41, 5.74) is 9.31. The normalized spacial score (nSPS) is 12.5. The predicted octanol–water partition coefficient (Wildman–Crippen LogP) is 1.81. The van der Waals surface area contributed by atoms with Crippen LogP contribution in [0.2, 0.25) is 0 Å². The molecule has 0 saturated heterocycles. The second-order valence-corrected chi connectivity index (χ2v) is 8.06. The Kier molecular flexibility index (Phi) is 27.0. The van der Waals surface area contributed by atoms with E-state index in [1.807, 2.05) is 0 Å². The first-order chi connectivity index (χ1) is 13.8. The zero-order chi connectivity index (χ0) is 22.5. The Labute approximate surface area is 209 Å². The van der Waals surface area contributed by atoms with Crippen molar-refractivity contribution in [2.24, 2.45) is 11.5 Å². The summed E-state index contributed by atoms with van der Waals surface area (Å²) in [6.07, 6.45) is 13.1. The van der Waals surface area contributed by atoms with Crippen molar-refractivity contribution in [3.8, 4) is 0 Å². The minimum Gasteiger partial charge on any atom is -1.00 e. The van der Waals surface area contributed by atoms with E-state index in [-0.39, 0.29) is 37.4 Å². The number of nitrogens with zero attached hydrogens (tertiary/aromatic N) is 1. The summed E-state index contributed by atoms with van der Waals surface area (Å²) in [7, 11) is 0. The Balaban J connectivity index is -0.000000311. The molecule has 7 heteroatoms. The first-order valence-corrected chi connectivity index (χ1v) is 11.8. The van der Waals surface area contributed by atoms with Crippen LogP contribution in [0.25, 0.3) is 0 Å². The van der Waals surface area contributed by atoms with Crippen LogP contribution in [-0.4, -0.2) is 47.1 Å². The second-order valence-electron chi connectivity index (χ2n) is 8.06. The van der Waals surface area contributed by atoms with Crippen molar-refractivity contribution in [1.82, 2.24) is 4.90 Å². The van der Waals surface area contributed by atoms with E-state index in [0.717, 1.165) is 19.3 Å². The molecule has 0 heterocycles. The largest absolute Gasteiger partial charge is 1.00 e. The van der Waals surface area contributed by atoms with Gasteiger partial charge in [0.15, 0.2) is 0 Å². The fourth-order valence-corrected chi connectivity index (χ4v) is 3.37. The van der Waals surface area contributed by atoms with E-state index < -0.39 is 17.4 Å². The predicted molar refractivity (Wildman–Crippen MR) is 124 cm³/mol. The molecule has 0 aliphatic carbocycles. The molecule has 0 bridgehead atoms. The molecule has 1 atom stereocenters. The van der Waals surface area contributed by atoms with Gasteiger partial charge in [-0.25, -0.2) is 0 Å². The minimum atomic E-state index is -1.49. The van der Waals surface area contributed by atoms with Gasteiger partial charge >= 0.3 is 35.5 Å². The summed E-state index contributed by atoms with van der Waals surface area (Å²) < 4.78 is 0. The average Bonchev–Trinajstić information content (AvgIpc) is 2.67. The third kappa shape index (κ3) is 21.1. The van der Waals surface area contributed by atoms with E-state index in [2.05, 4.69) is 32.6 Å². The van der Waals surface area contributed by atoms with Gasteiger partial charge in [0.25, 0.3) is 0 Å². The molecule has 6 nitrogen and oxygen atoms in total. The summed E-state index contributed by atoms with van der Waals surface area (Å²) in [6, 6.07) is 0. The molecule has 176 valence electrons. The van der Waals surface area contributed by atoms with Crippen molar-refractivity contribution >= 4 is 11.9 Å². The van der Waals surface area contributed by atoms with Gasteiger partial charge in [-0.2, -0.15) is 0 Å². The fraction of sp³-hybridized carbons (Fsp3) is 0.913. The number of carboxylic acid groups (broad SMARTS) is 1. The number of unbranched alkanes of at least 4 members (excludes halogenated alkanes) is 9. The first kappa shape index (κ1) is 34.5. The molecule has 0 aromatic heterocycles. The Morgan fingerprint density at radius 3 is 1.57 bits per heavy atom. The number of hydrogen-bond donors (Lipinski definition) is 3.